The van der Waals surface area contributed by atoms with E-state index in [0.717, 1.165) is 5.56 Å². The first kappa shape index (κ1) is 14.3. The molecule has 0 bridgehead atoms. The van der Waals surface area contributed by atoms with Crippen LogP contribution in [0.15, 0.2) is 24.3 Å². The van der Waals surface area contributed by atoms with Gasteiger partial charge in [0.05, 0.1) is 26.7 Å². The molecule has 1 aromatic carbocycles. The highest BCUT2D eigenvalue weighted by molar-refractivity contribution is 5.85. The smallest absolute Gasteiger partial charge is 0.328 e. The first-order chi connectivity index (χ1) is 9.63. The van der Waals surface area contributed by atoms with Crippen molar-refractivity contribution in [3.63, 3.8) is 0 Å². The number of carbonyl (C=O) groups excluding carboxylic acids is 1. The molecule has 0 aliphatic carbocycles. The molecule has 1 aliphatic heterocycles. The van der Waals surface area contributed by atoms with Gasteiger partial charge in [0.1, 0.15) is 5.75 Å². The molecule has 1 fully saturated rings. The van der Waals surface area contributed by atoms with Gasteiger partial charge in [-0.3, -0.25) is 4.79 Å². The molecule has 6 heteroatoms. The summed E-state index contributed by atoms with van der Waals surface area (Å²) in [6.45, 7) is 0.694. The summed E-state index contributed by atoms with van der Waals surface area (Å²) >= 11 is 0. The predicted molar refractivity (Wildman–Crippen MR) is 70.7 cm³/mol. The number of para-hydroxylation sites is 1. The molecule has 20 heavy (non-hydrogen) atoms. The summed E-state index contributed by atoms with van der Waals surface area (Å²) in [5, 5.41) is 9.13. The molecule has 0 aromatic heterocycles. The summed E-state index contributed by atoms with van der Waals surface area (Å²) in [6, 6.07) is 6.30. The SMILES string of the molecule is COc1ccccc1CC(=O)N1CCOCC1C(=O)O. The zero-order valence-electron chi connectivity index (χ0n) is 11.2. The van der Waals surface area contributed by atoms with E-state index in [0.29, 0.717) is 18.9 Å². The molecular weight excluding hydrogens is 262 g/mol. The zero-order valence-corrected chi connectivity index (χ0v) is 11.2. The molecule has 1 unspecified atom stereocenters. The van der Waals surface area contributed by atoms with E-state index in [2.05, 4.69) is 0 Å². The zero-order chi connectivity index (χ0) is 14.5. The fourth-order valence-electron chi connectivity index (χ4n) is 2.22. The molecule has 108 valence electrons. The van der Waals surface area contributed by atoms with E-state index in [1.165, 1.54) is 12.0 Å². The topological polar surface area (TPSA) is 76.1 Å². The molecule has 2 rings (SSSR count). The molecule has 0 saturated carbocycles. The minimum Gasteiger partial charge on any atom is -0.496 e. The van der Waals surface area contributed by atoms with Crippen molar-refractivity contribution in [2.75, 3.05) is 26.9 Å². The molecule has 1 aromatic rings. The Morgan fingerprint density at radius 3 is 2.90 bits per heavy atom. The van der Waals surface area contributed by atoms with E-state index in [9.17, 15) is 9.59 Å². The van der Waals surface area contributed by atoms with Crippen LogP contribution in [0.5, 0.6) is 5.75 Å². The largest absolute Gasteiger partial charge is 0.496 e. The van der Waals surface area contributed by atoms with Gasteiger partial charge in [0.2, 0.25) is 5.91 Å². The number of morpholine rings is 1. The van der Waals surface area contributed by atoms with E-state index in [-0.39, 0.29) is 18.9 Å². The molecule has 1 aliphatic rings. The maximum Gasteiger partial charge on any atom is 0.328 e. The molecule has 1 amide bonds. The summed E-state index contributed by atoms with van der Waals surface area (Å²) < 4.78 is 10.3. The van der Waals surface area contributed by atoms with Gasteiger partial charge in [0.15, 0.2) is 6.04 Å². The van der Waals surface area contributed by atoms with Gasteiger partial charge in [0, 0.05) is 12.1 Å². The van der Waals surface area contributed by atoms with E-state index in [1.54, 1.807) is 12.1 Å². The Morgan fingerprint density at radius 1 is 1.45 bits per heavy atom. The average molecular weight is 279 g/mol. The number of ether oxygens (including phenoxy) is 2. The van der Waals surface area contributed by atoms with Crippen LogP contribution in [0.1, 0.15) is 5.56 Å². The van der Waals surface area contributed by atoms with Crippen LogP contribution in [0.4, 0.5) is 0 Å². The number of nitrogens with zero attached hydrogens (tertiary/aromatic N) is 1. The second kappa shape index (κ2) is 6.38. The lowest BCUT2D eigenvalue weighted by atomic mass is 10.1. The number of carbonyl (C=O) groups is 2. The van der Waals surface area contributed by atoms with Gasteiger partial charge < -0.3 is 19.5 Å². The van der Waals surface area contributed by atoms with Crippen LogP contribution in [0.2, 0.25) is 0 Å². The van der Waals surface area contributed by atoms with Crippen LogP contribution < -0.4 is 4.74 Å². The lowest BCUT2D eigenvalue weighted by Gasteiger charge is -2.33. The third-order valence-corrected chi connectivity index (χ3v) is 3.27. The van der Waals surface area contributed by atoms with Crippen LogP contribution in [0, 0.1) is 0 Å². The van der Waals surface area contributed by atoms with E-state index in [1.807, 2.05) is 12.1 Å². The number of hydrogen-bond acceptors (Lipinski definition) is 4. The Hall–Kier alpha value is -2.08. The third kappa shape index (κ3) is 3.08. The van der Waals surface area contributed by atoms with Crippen molar-refractivity contribution in [3.05, 3.63) is 29.8 Å². The third-order valence-electron chi connectivity index (χ3n) is 3.27. The van der Waals surface area contributed by atoms with Gasteiger partial charge in [-0.1, -0.05) is 18.2 Å². The number of amides is 1. The van der Waals surface area contributed by atoms with Crippen LogP contribution in [0.25, 0.3) is 0 Å². The van der Waals surface area contributed by atoms with E-state index >= 15 is 0 Å². The van der Waals surface area contributed by atoms with Gasteiger partial charge in [-0.15, -0.1) is 0 Å². The van der Waals surface area contributed by atoms with Crippen molar-refractivity contribution < 1.29 is 24.2 Å². The summed E-state index contributed by atoms with van der Waals surface area (Å²) in [7, 11) is 1.54. The Morgan fingerprint density at radius 2 is 2.20 bits per heavy atom. The van der Waals surface area contributed by atoms with Crippen LogP contribution in [-0.2, 0) is 20.7 Å². The molecule has 0 spiro atoms. The molecule has 0 radical (unpaired) electrons. The number of carboxylic acids is 1. The second-order valence-electron chi connectivity index (χ2n) is 4.50. The molecule has 6 nitrogen and oxygen atoms in total. The van der Waals surface area contributed by atoms with Gasteiger partial charge >= 0.3 is 5.97 Å². The van der Waals surface area contributed by atoms with Crippen LogP contribution in [-0.4, -0.2) is 54.8 Å². The summed E-state index contributed by atoms with van der Waals surface area (Å²) in [5.74, 6) is -0.649. The van der Waals surface area contributed by atoms with Gasteiger partial charge in [0.25, 0.3) is 0 Å². The standard InChI is InChI=1S/C14H17NO5/c1-19-12-5-3-2-4-10(12)8-13(16)15-6-7-20-9-11(15)14(17)18/h2-5,11H,6-9H2,1H3,(H,17,18). The fraction of sp³-hybridized carbons (Fsp3) is 0.429. The summed E-state index contributed by atoms with van der Waals surface area (Å²) in [5.41, 5.74) is 0.746. The van der Waals surface area contributed by atoms with Crippen molar-refractivity contribution in [1.29, 1.82) is 0 Å². The fourth-order valence-corrected chi connectivity index (χ4v) is 2.22. The van der Waals surface area contributed by atoms with Crippen molar-refractivity contribution in [3.8, 4) is 5.75 Å². The highest BCUT2D eigenvalue weighted by atomic mass is 16.5. The van der Waals surface area contributed by atoms with E-state index in [4.69, 9.17) is 14.6 Å². The Labute approximate surface area is 116 Å². The number of carboxylic acid groups (broad SMARTS) is 1. The number of rotatable bonds is 4. The molecule has 1 saturated heterocycles. The molecule has 1 atom stereocenters. The van der Waals surface area contributed by atoms with Gasteiger partial charge in [-0.2, -0.15) is 0 Å². The second-order valence-corrected chi connectivity index (χ2v) is 4.50. The lowest BCUT2D eigenvalue weighted by molar-refractivity contribution is -0.158. The summed E-state index contributed by atoms with van der Waals surface area (Å²) in [6.07, 6.45) is 0.119. The summed E-state index contributed by atoms with van der Waals surface area (Å²) in [4.78, 5) is 24.8. The maximum atomic E-state index is 12.3. The lowest BCUT2D eigenvalue weighted by Crippen LogP contribution is -2.53. The van der Waals surface area contributed by atoms with Crippen LogP contribution >= 0.6 is 0 Å². The van der Waals surface area contributed by atoms with Gasteiger partial charge in [-0.05, 0) is 6.07 Å². The number of hydrogen-bond donors (Lipinski definition) is 1. The number of aliphatic carboxylic acids is 1. The predicted octanol–water partition coefficient (Wildman–Crippen LogP) is 0.550. The Balaban J connectivity index is 2.12. The number of benzene rings is 1. The highest BCUT2D eigenvalue weighted by Crippen LogP contribution is 2.19. The first-order valence-electron chi connectivity index (χ1n) is 6.35. The quantitative estimate of drug-likeness (QED) is 0.871. The maximum absolute atomic E-state index is 12.3. The Kier molecular flexibility index (Phi) is 4.57. The van der Waals surface area contributed by atoms with Gasteiger partial charge in [-0.25, -0.2) is 4.79 Å². The monoisotopic (exact) mass is 279 g/mol. The average Bonchev–Trinajstić information content (AvgIpc) is 2.47. The van der Waals surface area contributed by atoms with Crippen molar-refractivity contribution in [2.24, 2.45) is 0 Å². The van der Waals surface area contributed by atoms with Crippen molar-refractivity contribution in [1.82, 2.24) is 4.90 Å². The minimum atomic E-state index is -1.04. The highest BCUT2D eigenvalue weighted by Gasteiger charge is 2.32. The minimum absolute atomic E-state index is 0.0347. The molecular formula is C14H17NO5. The number of methoxy groups -OCH3 is 1. The van der Waals surface area contributed by atoms with Crippen LogP contribution in [0.3, 0.4) is 0 Å². The Bertz CT molecular complexity index is 502. The van der Waals surface area contributed by atoms with E-state index < -0.39 is 12.0 Å². The van der Waals surface area contributed by atoms with Crippen molar-refractivity contribution in [2.45, 2.75) is 12.5 Å². The van der Waals surface area contributed by atoms with Crippen molar-refractivity contribution >= 4 is 11.9 Å². The molecule has 1 N–H and O–H groups in total. The molecule has 1 heterocycles. The normalized spacial score (nSPS) is 18.6. The first-order valence-corrected chi connectivity index (χ1v) is 6.35.